The Morgan fingerprint density at radius 1 is 1.33 bits per heavy atom. The van der Waals surface area contributed by atoms with Crippen LogP contribution >= 0.6 is 0 Å². The number of hydrogen-bond donors (Lipinski definition) is 1. The van der Waals surface area contributed by atoms with E-state index >= 15 is 0 Å². The lowest BCUT2D eigenvalue weighted by Gasteiger charge is -2.09. The molecule has 0 heterocycles. The number of nitrogens with one attached hydrogen (secondary N) is 1. The van der Waals surface area contributed by atoms with Crippen molar-refractivity contribution >= 4 is 17.4 Å². The number of hydrogen-bond acceptors (Lipinski definition) is 2. The van der Waals surface area contributed by atoms with Gasteiger partial charge < -0.3 is 5.32 Å². The van der Waals surface area contributed by atoms with E-state index in [2.05, 4.69) is 5.32 Å². The van der Waals surface area contributed by atoms with Crippen molar-refractivity contribution in [1.82, 2.24) is 0 Å². The minimum atomic E-state index is -0.138. The lowest BCUT2D eigenvalue weighted by atomic mass is 10.0. The molecule has 0 fully saturated rings. The van der Waals surface area contributed by atoms with Gasteiger partial charge in [-0.3, -0.25) is 9.59 Å². The molecular formula is C12H13NO2. The molecule has 1 aliphatic carbocycles. The quantitative estimate of drug-likeness (QED) is 0.759. The number of ketones is 1. The number of aryl methyl sites for hydroxylation is 1. The largest absolute Gasteiger partial charge is 0.326 e. The van der Waals surface area contributed by atoms with E-state index in [1.54, 1.807) is 6.07 Å². The van der Waals surface area contributed by atoms with Gasteiger partial charge in [0, 0.05) is 18.9 Å². The molecule has 0 unspecified atom stereocenters. The first-order valence-electron chi connectivity index (χ1n) is 5.03. The molecule has 3 heteroatoms. The zero-order chi connectivity index (χ0) is 11.0. The lowest BCUT2D eigenvalue weighted by molar-refractivity contribution is -0.114. The van der Waals surface area contributed by atoms with E-state index in [-0.39, 0.29) is 11.7 Å². The van der Waals surface area contributed by atoms with Crippen LogP contribution in [0.1, 0.15) is 34.8 Å². The number of amides is 1. The molecule has 0 aromatic heterocycles. The number of carbonyl (C=O) groups excluding carboxylic acids is 2. The van der Waals surface area contributed by atoms with Gasteiger partial charge in [-0.1, -0.05) is 6.07 Å². The summed E-state index contributed by atoms with van der Waals surface area (Å²) in [6.07, 6.45) is 1.36. The second kappa shape index (κ2) is 3.50. The molecule has 15 heavy (non-hydrogen) atoms. The molecule has 3 nitrogen and oxygen atoms in total. The van der Waals surface area contributed by atoms with Crippen molar-refractivity contribution < 1.29 is 9.59 Å². The van der Waals surface area contributed by atoms with Gasteiger partial charge in [0.05, 0.1) is 5.69 Å². The average molecular weight is 203 g/mol. The summed E-state index contributed by atoms with van der Waals surface area (Å²) in [5, 5.41) is 2.70. The van der Waals surface area contributed by atoms with Crippen molar-refractivity contribution in [2.75, 3.05) is 5.32 Å². The Hall–Kier alpha value is -1.64. The fourth-order valence-corrected chi connectivity index (χ4v) is 2.05. The summed E-state index contributed by atoms with van der Waals surface area (Å²) < 4.78 is 0. The molecule has 0 radical (unpaired) electrons. The van der Waals surface area contributed by atoms with Gasteiger partial charge in [-0.05, 0) is 30.5 Å². The van der Waals surface area contributed by atoms with Gasteiger partial charge in [0.25, 0.3) is 0 Å². The van der Waals surface area contributed by atoms with Crippen LogP contribution in [0, 0.1) is 6.92 Å². The Bertz CT molecular complexity index is 449. The maximum atomic E-state index is 11.7. The van der Waals surface area contributed by atoms with Crippen molar-refractivity contribution in [1.29, 1.82) is 0 Å². The lowest BCUT2D eigenvalue weighted by Crippen LogP contribution is -2.10. The molecule has 1 N–H and O–H groups in total. The van der Waals surface area contributed by atoms with E-state index in [4.69, 9.17) is 0 Å². The zero-order valence-corrected chi connectivity index (χ0v) is 8.89. The molecule has 0 saturated carbocycles. The molecule has 1 amide bonds. The summed E-state index contributed by atoms with van der Waals surface area (Å²) in [7, 11) is 0. The summed E-state index contributed by atoms with van der Waals surface area (Å²) in [6.45, 7) is 3.45. The van der Waals surface area contributed by atoms with Crippen molar-refractivity contribution in [2.45, 2.75) is 26.7 Å². The Morgan fingerprint density at radius 3 is 2.73 bits per heavy atom. The average Bonchev–Trinajstić information content (AvgIpc) is 2.54. The smallest absolute Gasteiger partial charge is 0.221 e. The number of rotatable bonds is 1. The maximum absolute atomic E-state index is 11.7. The van der Waals surface area contributed by atoms with E-state index in [0.29, 0.717) is 17.7 Å². The Kier molecular flexibility index (Phi) is 2.31. The second-order valence-electron chi connectivity index (χ2n) is 3.89. The fourth-order valence-electron chi connectivity index (χ4n) is 2.05. The number of benzene rings is 1. The highest BCUT2D eigenvalue weighted by Crippen LogP contribution is 2.31. The summed E-state index contributed by atoms with van der Waals surface area (Å²) in [4.78, 5) is 22.7. The highest BCUT2D eigenvalue weighted by atomic mass is 16.1. The van der Waals surface area contributed by atoms with Crippen molar-refractivity contribution in [3.8, 4) is 0 Å². The molecule has 1 aromatic carbocycles. The number of carbonyl (C=O) groups is 2. The minimum absolute atomic E-state index is 0.137. The molecular weight excluding hydrogens is 190 g/mol. The third-order valence-corrected chi connectivity index (χ3v) is 2.74. The van der Waals surface area contributed by atoms with Crippen LogP contribution < -0.4 is 5.32 Å². The molecule has 0 bridgehead atoms. The zero-order valence-electron chi connectivity index (χ0n) is 8.89. The summed E-state index contributed by atoms with van der Waals surface area (Å²) >= 11 is 0. The van der Waals surface area contributed by atoms with E-state index < -0.39 is 0 Å². The van der Waals surface area contributed by atoms with Crippen molar-refractivity contribution in [2.24, 2.45) is 0 Å². The van der Waals surface area contributed by atoms with Gasteiger partial charge >= 0.3 is 0 Å². The van der Waals surface area contributed by atoms with Crippen LogP contribution in [-0.2, 0) is 11.2 Å². The van der Waals surface area contributed by atoms with Crippen LogP contribution in [0.3, 0.4) is 0 Å². The predicted octanol–water partition coefficient (Wildman–Crippen LogP) is 2.08. The molecule has 1 aliphatic rings. The SMILES string of the molecule is CC(=O)Nc1ccc(C)c2c1C(=O)CC2. The first-order chi connectivity index (χ1) is 7.09. The maximum Gasteiger partial charge on any atom is 0.221 e. The van der Waals surface area contributed by atoms with Crippen LogP contribution in [0.4, 0.5) is 5.69 Å². The third-order valence-electron chi connectivity index (χ3n) is 2.74. The fraction of sp³-hybridized carbons (Fsp3) is 0.333. The highest BCUT2D eigenvalue weighted by Gasteiger charge is 2.24. The van der Waals surface area contributed by atoms with Gasteiger partial charge in [0.1, 0.15) is 0 Å². The van der Waals surface area contributed by atoms with Gasteiger partial charge in [0.2, 0.25) is 5.91 Å². The summed E-state index contributed by atoms with van der Waals surface area (Å²) in [5.41, 5.74) is 3.59. The molecule has 0 saturated heterocycles. The Morgan fingerprint density at radius 2 is 2.07 bits per heavy atom. The van der Waals surface area contributed by atoms with E-state index in [9.17, 15) is 9.59 Å². The molecule has 2 rings (SSSR count). The molecule has 0 spiro atoms. The van der Waals surface area contributed by atoms with Gasteiger partial charge in [-0.15, -0.1) is 0 Å². The standard InChI is InChI=1S/C12H13NO2/c1-7-3-5-10(13-8(2)14)12-9(7)4-6-11(12)15/h3,5H,4,6H2,1-2H3,(H,13,14). The van der Waals surface area contributed by atoms with E-state index in [1.807, 2.05) is 13.0 Å². The first kappa shape index (κ1) is 9.90. The van der Waals surface area contributed by atoms with Gasteiger partial charge in [-0.25, -0.2) is 0 Å². The summed E-state index contributed by atoms with van der Waals surface area (Å²) in [5.74, 6) is -0.00166. The second-order valence-corrected chi connectivity index (χ2v) is 3.89. The highest BCUT2D eigenvalue weighted by molar-refractivity contribution is 6.08. The van der Waals surface area contributed by atoms with Crippen LogP contribution in [0.25, 0.3) is 0 Å². The van der Waals surface area contributed by atoms with Gasteiger partial charge in [-0.2, -0.15) is 0 Å². The van der Waals surface area contributed by atoms with Crippen LogP contribution in [-0.4, -0.2) is 11.7 Å². The van der Waals surface area contributed by atoms with E-state index in [1.165, 1.54) is 6.92 Å². The number of Topliss-reactive ketones (excluding diaryl/α,β-unsaturated/α-hetero) is 1. The van der Waals surface area contributed by atoms with Crippen LogP contribution in [0.5, 0.6) is 0 Å². The third kappa shape index (κ3) is 1.65. The first-order valence-corrected chi connectivity index (χ1v) is 5.03. The monoisotopic (exact) mass is 203 g/mol. The normalized spacial score (nSPS) is 13.9. The van der Waals surface area contributed by atoms with Crippen molar-refractivity contribution in [3.05, 3.63) is 28.8 Å². The topological polar surface area (TPSA) is 46.2 Å². The number of fused-ring (bicyclic) bond motifs is 1. The predicted molar refractivity (Wildman–Crippen MR) is 58.1 cm³/mol. The van der Waals surface area contributed by atoms with Crippen LogP contribution in [0.2, 0.25) is 0 Å². The minimum Gasteiger partial charge on any atom is -0.326 e. The van der Waals surface area contributed by atoms with Crippen LogP contribution in [0.15, 0.2) is 12.1 Å². The number of anilines is 1. The molecule has 0 atom stereocenters. The van der Waals surface area contributed by atoms with Gasteiger partial charge in [0.15, 0.2) is 5.78 Å². The molecule has 78 valence electrons. The Balaban J connectivity index is 2.54. The molecule has 0 aliphatic heterocycles. The Labute approximate surface area is 88.5 Å². The van der Waals surface area contributed by atoms with E-state index in [0.717, 1.165) is 17.5 Å². The summed E-state index contributed by atoms with van der Waals surface area (Å²) in [6, 6.07) is 3.75. The molecule has 1 aromatic rings. The van der Waals surface area contributed by atoms with Crippen molar-refractivity contribution in [3.63, 3.8) is 0 Å².